The predicted octanol–water partition coefficient (Wildman–Crippen LogP) is 0.779. The second kappa shape index (κ2) is 7.23. The number of imide groups is 2. The van der Waals surface area contributed by atoms with Gasteiger partial charge in [0.25, 0.3) is 11.8 Å². The lowest BCUT2D eigenvalue weighted by molar-refractivity contribution is -0.138. The summed E-state index contributed by atoms with van der Waals surface area (Å²) in [6.45, 7) is -0.183. The Hall–Kier alpha value is -2.95. The molecule has 0 saturated carbocycles. The van der Waals surface area contributed by atoms with E-state index in [0.29, 0.717) is 5.69 Å². The van der Waals surface area contributed by atoms with Crippen molar-refractivity contribution in [3.63, 3.8) is 0 Å². The van der Waals surface area contributed by atoms with E-state index in [1.807, 2.05) is 0 Å². The molecular formula is C17H17F3N4O4. The second-order valence-electron chi connectivity index (χ2n) is 6.67. The molecule has 4 amide bonds. The Bertz CT molecular complexity index is 855. The van der Waals surface area contributed by atoms with Crippen molar-refractivity contribution in [2.45, 2.75) is 37.5 Å². The molecule has 0 aromatic heterocycles. The van der Waals surface area contributed by atoms with Crippen molar-refractivity contribution in [1.82, 2.24) is 10.2 Å². The summed E-state index contributed by atoms with van der Waals surface area (Å²) in [5.74, 6) is -2.55. The zero-order valence-corrected chi connectivity index (χ0v) is 14.5. The molecule has 2 atom stereocenters. The monoisotopic (exact) mass is 398 g/mol. The van der Waals surface area contributed by atoms with E-state index in [4.69, 9.17) is 5.73 Å². The summed E-state index contributed by atoms with van der Waals surface area (Å²) in [6, 6.07) is 1.88. The number of hydrogen-bond donors (Lipinski definition) is 3. The van der Waals surface area contributed by atoms with Crippen molar-refractivity contribution in [3.8, 4) is 0 Å². The lowest BCUT2D eigenvalue weighted by Gasteiger charge is -2.27. The summed E-state index contributed by atoms with van der Waals surface area (Å²) in [5.41, 5.74) is 5.87. The number of hydrogen-bond acceptors (Lipinski definition) is 6. The first-order chi connectivity index (χ1) is 13.1. The van der Waals surface area contributed by atoms with Gasteiger partial charge in [-0.25, -0.2) is 0 Å². The van der Waals surface area contributed by atoms with Crippen LogP contribution in [0.15, 0.2) is 18.2 Å². The normalized spacial score (nSPS) is 20.9. The summed E-state index contributed by atoms with van der Waals surface area (Å²) >= 11 is 0. The zero-order valence-electron chi connectivity index (χ0n) is 14.5. The Labute approximate surface area is 157 Å². The molecule has 11 heteroatoms. The maximum atomic E-state index is 12.7. The van der Waals surface area contributed by atoms with Gasteiger partial charge in [-0.05, 0) is 24.6 Å². The number of carbonyl (C=O) groups is 4. The number of anilines is 1. The van der Waals surface area contributed by atoms with Crippen molar-refractivity contribution in [2.24, 2.45) is 5.73 Å². The number of nitrogens with two attached hydrogens (primary N) is 1. The van der Waals surface area contributed by atoms with Crippen LogP contribution in [0.3, 0.4) is 0 Å². The zero-order chi connectivity index (χ0) is 20.6. The van der Waals surface area contributed by atoms with Gasteiger partial charge in [-0.3, -0.25) is 29.4 Å². The van der Waals surface area contributed by atoms with E-state index >= 15 is 0 Å². The molecule has 3 rings (SSSR count). The largest absolute Gasteiger partial charge is 0.390 e. The lowest BCUT2D eigenvalue weighted by atomic mass is 10.0. The molecule has 1 saturated heterocycles. The topological polar surface area (TPSA) is 122 Å². The van der Waals surface area contributed by atoms with E-state index in [1.54, 1.807) is 0 Å². The minimum absolute atomic E-state index is 0.00765. The van der Waals surface area contributed by atoms with Crippen LogP contribution in [0.2, 0.25) is 0 Å². The van der Waals surface area contributed by atoms with Crippen LogP contribution < -0.4 is 16.4 Å². The summed E-state index contributed by atoms with van der Waals surface area (Å²) in [5, 5.41) is 4.80. The maximum Gasteiger partial charge on any atom is 0.390 e. The molecule has 1 aromatic rings. The predicted molar refractivity (Wildman–Crippen MR) is 90.3 cm³/mol. The van der Waals surface area contributed by atoms with E-state index < -0.39 is 48.3 Å². The van der Waals surface area contributed by atoms with Crippen LogP contribution in [0.25, 0.3) is 0 Å². The van der Waals surface area contributed by atoms with Gasteiger partial charge in [0, 0.05) is 24.7 Å². The molecule has 2 aliphatic rings. The standard InChI is InChI=1S/C17H17F3N4O4/c18-17(19,20)6-8(21)7-22-9-1-2-10-11(5-9)16(28)24(15(10)27)12-3-4-13(25)23-14(12)26/h1-2,5,8,12,22H,3-4,6-7,21H2,(H,23,25,26). The third-order valence-electron chi connectivity index (χ3n) is 4.50. The van der Waals surface area contributed by atoms with E-state index in [0.717, 1.165) is 4.90 Å². The van der Waals surface area contributed by atoms with Crippen LogP contribution in [0, 0.1) is 0 Å². The van der Waals surface area contributed by atoms with Crippen LogP contribution >= 0.6 is 0 Å². The molecule has 0 radical (unpaired) electrons. The van der Waals surface area contributed by atoms with Crippen molar-refractivity contribution >= 4 is 29.3 Å². The van der Waals surface area contributed by atoms with Crippen LogP contribution in [-0.4, -0.2) is 53.3 Å². The third-order valence-corrected chi connectivity index (χ3v) is 4.50. The number of benzene rings is 1. The number of piperidine rings is 1. The summed E-state index contributed by atoms with van der Waals surface area (Å²) in [6.07, 6.45) is -5.50. The van der Waals surface area contributed by atoms with Crippen molar-refractivity contribution in [1.29, 1.82) is 0 Å². The number of halogens is 3. The minimum atomic E-state index is -4.39. The highest BCUT2D eigenvalue weighted by Crippen LogP contribution is 2.29. The van der Waals surface area contributed by atoms with Gasteiger partial charge < -0.3 is 11.1 Å². The summed E-state index contributed by atoms with van der Waals surface area (Å²) in [7, 11) is 0. The molecule has 2 aliphatic heterocycles. The summed E-state index contributed by atoms with van der Waals surface area (Å²) < 4.78 is 37.0. The van der Waals surface area contributed by atoms with Gasteiger partial charge >= 0.3 is 6.18 Å². The van der Waals surface area contributed by atoms with E-state index in [1.165, 1.54) is 18.2 Å². The first-order valence-electron chi connectivity index (χ1n) is 8.48. The van der Waals surface area contributed by atoms with E-state index in [-0.39, 0.29) is 30.5 Å². The average molecular weight is 398 g/mol. The maximum absolute atomic E-state index is 12.7. The molecule has 0 aliphatic carbocycles. The first-order valence-corrected chi connectivity index (χ1v) is 8.48. The number of carbonyl (C=O) groups excluding carboxylic acids is 4. The molecular weight excluding hydrogens is 381 g/mol. The minimum Gasteiger partial charge on any atom is -0.383 e. The van der Waals surface area contributed by atoms with Gasteiger partial charge in [0.1, 0.15) is 6.04 Å². The second-order valence-corrected chi connectivity index (χ2v) is 6.67. The van der Waals surface area contributed by atoms with E-state index in [2.05, 4.69) is 10.6 Å². The van der Waals surface area contributed by atoms with Gasteiger partial charge in [0.2, 0.25) is 11.8 Å². The fourth-order valence-corrected chi connectivity index (χ4v) is 3.20. The van der Waals surface area contributed by atoms with Crippen LogP contribution in [0.1, 0.15) is 40.0 Å². The SMILES string of the molecule is NC(CNc1ccc2c(c1)C(=O)N(C1CCC(=O)NC1=O)C2=O)CC(F)(F)F. The molecule has 28 heavy (non-hydrogen) atoms. The van der Waals surface area contributed by atoms with Crippen LogP contribution in [-0.2, 0) is 9.59 Å². The average Bonchev–Trinajstić information content (AvgIpc) is 2.83. The molecule has 4 N–H and O–H groups in total. The Balaban J connectivity index is 1.73. The van der Waals surface area contributed by atoms with E-state index in [9.17, 15) is 32.3 Å². The molecule has 0 spiro atoms. The Morgan fingerprint density at radius 3 is 2.50 bits per heavy atom. The number of fused-ring (bicyclic) bond motifs is 1. The highest BCUT2D eigenvalue weighted by molar-refractivity contribution is 6.23. The van der Waals surface area contributed by atoms with Gasteiger partial charge in [0.15, 0.2) is 0 Å². The van der Waals surface area contributed by atoms with Gasteiger partial charge in [-0.1, -0.05) is 0 Å². The molecule has 1 fully saturated rings. The first kappa shape index (κ1) is 19.8. The van der Waals surface area contributed by atoms with Gasteiger partial charge in [-0.2, -0.15) is 13.2 Å². The number of alkyl halides is 3. The lowest BCUT2D eigenvalue weighted by Crippen LogP contribution is -2.54. The van der Waals surface area contributed by atoms with Crippen LogP contribution in [0.4, 0.5) is 18.9 Å². The molecule has 1 aromatic carbocycles. The van der Waals surface area contributed by atoms with Gasteiger partial charge in [0.05, 0.1) is 17.5 Å². The Kier molecular flexibility index (Phi) is 5.11. The van der Waals surface area contributed by atoms with Crippen molar-refractivity contribution in [2.75, 3.05) is 11.9 Å². The highest BCUT2D eigenvalue weighted by Gasteiger charge is 2.44. The van der Waals surface area contributed by atoms with Gasteiger partial charge in [-0.15, -0.1) is 0 Å². The Morgan fingerprint density at radius 1 is 1.18 bits per heavy atom. The third kappa shape index (κ3) is 3.98. The molecule has 2 heterocycles. The molecule has 2 unspecified atom stereocenters. The summed E-state index contributed by atoms with van der Waals surface area (Å²) in [4.78, 5) is 49.3. The highest BCUT2D eigenvalue weighted by atomic mass is 19.4. The fraction of sp³-hybridized carbons (Fsp3) is 0.412. The quantitative estimate of drug-likeness (QED) is 0.630. The molecule has 150 valence electrons. The fourth-order valence-electron chi connectivity index (χ4n) is 3.20. The molecule has 8 nitrogen and oxygen atoms in total. The number of nitrogens with one attached hydrogen (secondary N) is 2. The Morgan fingerprint density at radius 2 is 1.86 bits per heavy atom. The number of rotatable bonds is 5. The number of amides is 4. The van der Waals surface area contributed by atoms with Crippen molar-refractivity contribution in [3.05, 3.63) is 29.3 Å². The number of nitrogens with zero attached hydrogens (tertiary/aromatic N) is 1. The molecule has 0 bridgehead atoms. The van der Waals surface area contributed by atoms with Crippen molar-refractivity contribution < 1.29 is 32.3 Å². The smallest absolute Gasteiger partial charge is 0.383 e. The van der Waals surface area contributed by atoms with Crippen LogP contribution in [0.5, 0.6) is 0 Å².